The Bertz CT molecular complexity index is 3150. The van der Waals surface area contributed by atoms with Crippen LogP contribution in [0.1, 0.15) is 38.9 Å². The Morgan fingerprint density at radius 2 is 1.14 bits per heavy atom. The van der Waals surface area contributed by atoms with Crippen molar-refractivity contribution in [1.29, 1.82) is 0 Å². The van der Waals surface area contributed by atoms with Gasteiger partial charge in [0.15, 0.2) is 0 Å². The molecule has 0 aliphatic heterocycles. The molecule has 2 aliphatic rings. The Hall–Kier alpha value is -7.49. The van der Waals surface area contributed by atoms with E-state index in [1.165, 1.54) is 44.5 Å². The zero-order valence-electron chi connectivity index (χ0n) is 31.1. The van der Waals surface area contributed by atoms with Crippen LogP contribution in [0.25, 0.3) is 66.6 Å². The average Bonchev–Trinajstić information content (AvgIpc) is 3.91. The van der Waals surface area contributed by atoms with Crippen molar-refractivity contribution in [2.45, 2.75) is 5.41 Å². The zero-order valence-corrected chi connectivity index (χ0v) is 31.1. The van der Waals surface area contributed by atoms with Crippen molar-refractivity contribution in [3.05, 3.63) is 240 Å². The molecule has 0 bridgehead atoms. The molecule has 57 heavy (non-hydrogen) atoms. The summed E-state index contributed by atoms with van der Waals surface area (Å²) in [4.78, 5) is 5.08. The first-order valence-electron chi connectivity index (χ1n) is 19.4. The first-order valence-corrected chi connectivity index (χ1v) is 19.4. The molecule has 9 aromatic rings. The minimum absolute atomic E-state index is 0.433. The third kappa shape index (κ3) is 4.89. The lowest BCUT2D eigenvalue weighted by atomic mass is 9.68. The second-order valence-electron chi connectivity index (χ2n) is 14.9. The number of fused-ring (bicyclic) bond motifs is 14. The normalized spacial score (nSPS) is 15.4. The Morgan fingerprint density at radius 1 is 0.526 bits per heavy atom. The van der Waals surface area contributed by atoms with Crippen molar-refractivity contribution in [2.75, 3.05) is 0 Å². The van der Waals surface area contributed by atoms with E-state index in [4.69, 9.17) is 15.1 Å². The van der Waals surface area contributed by atoms with Crippen LogP contribution >= 0.6 is 0 Å². The third-order valence-electron chi connectivity index (χ3n) is 11.8. The maximum Gasteiger partial charge on any atom is 0.143 e. The summed E-state index contributed by atoms with van der Waals surface area (Å²) in [5.74, 6) is 0.433. The topological polar surface area (TPSA) is 51.5 Å². The van der Waals surface area contributed by atoms with E-state index in [1.807, 2.05) is 54.6 Å². The van der Waals surface area contributed by atoms with Crippen LogP contribution in [0.4, 0.5) is 0 Å². The smallest absolute Gasteiger partial charge is 0.143 e. The summed E-state index contributed by atoms with van der Waals surface area (Å²) in [5, 5.41) is 2.27. The van der Waals surface area contributed by atoms with Crippen molar-refractivity contribution in [3.63, 3.8) is 0 Å². The number of rotatable bonds is 6. The molecule has 0 fully saturated rings. The first-order chi connectivity index (χ1) is 28.1. The lowest BCUT2D eigenvalue weighted by Gasteiger charge is -2.32. The van der Waals surface area contributed by atoms with Crippen LogP contribution in [0.2, 0.25) is 0 Å². The van der Waals surface area contributed by atoms with Gasteiger partial charge in [0.25, 0.3) is 0 Å². The van der Waals surface area contributed by atoms with Crippen LogP contribution in [-0.2, 0) is 5.41 Å². The molecule has 1 spiro atoms. The van der Waals surface area contributed by atoms with Crippen molar-refractivity contribution in [2.24, 2.45) is 10.7 Å². The Balaban J connectivity index is 1.11. The van der Waals surface area contributed by atoms with E-state index in [9.17, 15) is 0 Å². The molecule has 0 saturated carbocycles. The second-order valence-corrected chi connectivity index (χ2v) is 14.9. The van der Waals surface area contributed by atoms with Gasteiger partial charge in [-0.3, -0.25) is 0 Å². The van der Waals surface area contributed by atoms with Gasteiger partial charge in [-0.2, -0.15) is 0 Å². The molecule has 3 heteroatoms. The molecule has 1 unspecified atom stereocenters. The van der Waals surface area contributed by atoms with E-state index < -0.39 is 5.41 Å². The fourth-order valence-electron chi connectivity index (χ4n) is 9.43. The molecule has 0 radical (unpaired) electrons. The number of nitrogens with zero attached hydrogens (tertiary/aromatic N) is 1. The third-order valence-corrected chi connectivity index (χ3v) is 11.8. The highest BCUT2D eigenvalue weighted by molar-refractivity contribution is 6.13. The summed E-state index contributed by atoms with van der Waals surface area (Å²) in [5.41, 5.74) is 24.8. The van der Waals surface area contributed by atoms with E-state index in [2.05, 4.69) is 146 Å². The van der Waals surface area contributed by atoms with Crippen LogP contribution in [0.15, 0.2) is 210 Å². The summed E-state index contributed by atoms with van der Waals surface area (Å²) in [6, 6.07) is 66.3. The van der Waals surface area contributed by atoms with Crippen LogP contribution in [0.3, 0.4) is 0 Å². The summed E-state index contributed by atoms with van der Waals surface area (Å²) < 4.78 is 6.76. The number of nitrogens with two attached hydrogens (primary N) is 1. The SMILES string of the molecule is C=C(/C=C(\N=C(/N)c1cccc(-c2cccc3c2C2(c4ccccc4-3)c3ccccc3-c3c2ccc2c3oc3ccccc32)c1)c1ccccc1)c1ccccc1. The van der Waals surface area contributed by atoms with E-state index in [0.717, 1.165) is 61.0 Å². The van der Waals surface area contributed by atoms with E-state index in [0.29, 0.717) is 5.84 Å². The number of hydrogen-bond acceptors (Lipinski definition) is 2. The van der Waals surface area contributed by atoms with Crippen LogP contribution < -0.4 is 5.73 Å². The Kier molecular flexibility index (Phi) is 7.38. The molecule has 1 aromatic heterocycles. The minimum atomic E-state index is -0.571. The van der Waals surface area contributed by atoms with Gasteiger partial charge in [-0.15, -0.1) is 0 Å². The fraction of sp³-hybridized carbons (Fsp3) is 0.0185. The predicted octanol–water partition coefficient (Wildman–Crippen LogP) is 13.1. The lowest BCUT2D eigenvalue weighted by Crippen LogP contribution is -2.26. The molecular formula is C54H36N2O. The molecule has 1 heterocycles. The molecular weight excluding hydrogens is 693 g/mol. The van der Waals surface area contributed by atoms with Crippen LogP contribution in [0.5, 0.6) is 0 Å². The van der Waals surface area contributed by atoms with Gasteiger partial charge < -0.3 is 10.2 Å². The quantitative estimate of drug-likeness (QED) is 0.105. The summed E-state index contributed by atoms with van der Waals surface area (Å²) in [6.45, 7) is 4.38. The van der Waals surface area contributed by atoms with Gasteiger partial charge in [-0.05, 0) is 79.4 Å². The Morgan fingerprint density at radius 3 is 1.95 bits per heavy atom. The van der Waals surface area contributed by atoms with Crippen molar-refractivity contribution >= 4 is 39.0 Å². The maximum absolute atomic E-state index is 6.97. The molecule has 0 amide bonds. The molecule has 1 atom stereocenters. The summed E-state index contributed by atoms with van der Waals surface area (Å²) >= 11 is 0. The van der Waals surface area contributed by atoms with Crippen molar-refractivity contribution < 1.29 is 4.42 Å². The van der Waals surface area contributed by atoms with E-state index in [-0.39, 0.29) is 0 Å². The standard InChI is InChI=1S/C54H36N2O/c1-34(35-16-4-2-5-17-35)32-48(36-18-6-3-7-19-36)56-53(55)38-21-14-20-37(33-38)39-25-15-26-42-40-22-8-11-27-45(40)54(51(39)42)46-28-12-9-24-44(46)50-47(54)31-30-43-41-23-10-13-29-49(41)57-52(43)50/h2-33H,1H2,(H2,55,56)/b48-32-. The number of furan rings is 1. The highest BCUT2D eigenvalue weighted by atomic mass is 16.3. The monoisotopic (exact) mass is 728 g/mol. The lowest BCUT2D eigenvalue weighted by molar-refractivity contribution is 0.669. The first kappa shape index (κ1) is 32.9. The van der Waals surface area contributed by atoms with Gasteiger partial charge in [0, 0.05) is 27.5 Å². The number of benzene rings is 8. The number of aliphatic imine (C=N–C) groups is 1. The molecule has 268 valence electrons. The molecule has 3 nitrogen and oxygen atoms in total. The zero-order chi connectivity index (χ0) is 38.1. The number of allylic oxidation sites excluding steroid dienone is 2. The second kappa shape index (κ2) is 12.8. The molecule has 2 N–H and O–H groups in total. The van der Waals surface area contributed by atoms with Crippen LogP contribution in [-0.4, -0.2) is 5.84 Å². The van der Waals surface area contributed by atoms with Gasteiger partial charge in [-0.1, -0.05) is 183 Å². The minimum Gasteiger partial charge on any atom is -0.455 e. The number of para-hydroxylation sites is 1. The van der Waals surface area contributed by atoms with Gasteiger partial charge in [0.1, 0.15) is 17.0 Å². The maximum atomic E-state index is 6.97. The summed E-state index contributed by atoms with van der Waals surface area (Å²) in [7, 11) is 0. The molecule has 8 aromatic carbocycles. The number of hydrogen-bond donors (Lipinski definition) is 1. The highest BCUT2D eigenvalue weighted by Crippen LogP contribution is 2.65. The summed E-state index contributed by atoms with van der Waals surface area (Å²) in [6.07, 6.45) is 2.01. The fourth-order valence-corrected chi connectivity index (χ4v) is 9.43. The van der Waals surface area contributed by atoms with Gasteiger partial charge in [-0.25, -0.2) is 4.99 Å². The van der Waals surface area contributed by atoms with Gasteiger partial charge in [0.05, 0.1) is 11.1 Å². The predicted molar refractivity (Wildman–Crippen MR) is 236 cm³/mol. The van der Waals surface area contributed by atoms with E-state index >= 15 is 0 Å². The van der Waals surface area contributed by atoms with Crippen LogP contribution in [0, 0.1) is 0 Å². The van der Waals surface area contributed by atoms with Gasteiger partial charge >= 0.3 is 0 Å². The average molecular weight is 729 g/mol. The molecule has 11 rings (SSSR count). The Labute approximate surface area is 331 Å². The van der Waals surface area contributed by atoms with Gasteiger partial charge in [0.2, 0.25) is 0 Å². The van der Waals surface area contributed by atoms with Crippen molar-refractivity contribution in [1.82, 2.24) is 0 Å². The molecule has 2 aliphatic carbocycles. The number of amidine groups is 1. The van der Waals surface area contributed by atoms with Crippen molar-refractivity contribution in [3.8, 4) is 33.4 Å². The molecule has 0 saturated heterocycles. The highest BCUT2D eigenvalue weighted by Gasteiger charge is 2.53. The van der Waals surface area contributed by atoms with E-state index in [1.54, 1.807) is 0 Å². The largest absolute Gasteiger partial charge is 0.455 e.